The minimum atomic E-state index is -0.211. The zero-order valence-corrected chi connectivity index (χ0v) is 18.5. The molecule has 0 aliphatic heterocycles. The molecule has 1 fully saturated rings. The molecule has 4 rings (SSSR count). The van der Waals surface area contributed by atoms with Crippen molar-refractivity contribution in [3.05, 3.63) is 83.0 Å². The smallest absolute Gasteiger partial charge is 0.251 e. The summed E-state index contributed by atoms with van der Waals surface area (Å²) in [6.07, 6.45) is 2.61. The van der Waals surface area contributed by atoms with Crippen molar-refractivity contribution in [1.29, 1.82) is 0 Å². The molecule has 0 spiro atoms. The molecule has 2 amide bonds. The van der Waals surface area contributed by atoms with E-state index >= 15 is 0 Å². The summed E-state index contributed by atoms with van der Waals surface area (Å²) in [4.78, 5) is 29.0. The van der Waals surface area contributed by atoms with E-state index in [2.05, 4.69) is 22.5 Å². The summed E-state index contributed by atoms with van der Waals surface area (Å²) in [7, 11) is 0. The Hall–Kier alpha value is -3.67. The van der Waals surface area contributed by atoms with Gasteiger partial charge in [0.05, 0.1) is 0 Å². The zero-order valence-electron chi connectivity index (χ0n) is 18.5. The number of anilines is 1. The molecule has 1 aliphatic rings. The molecule has 32 heavy (non-hydrogen) atoms. The highest BCUT2D eigenvalue weighted by Crippen LogP contribution is 2.38. The Morgan fingerprint density at radius 2 is 1.91 bits per heavy atom. The van der Waals surface area contributed by atoms with Gasteiger partial charge in [0.25, 0.3) is 5.91 Å². The van der Waals surface area contributed by atoms with Gasteiger partial charge in [-0.25, -0.2) is 4.98 Å². The molecular formula is C26H27N3O3. The molecule has 3 aromatic rings. The maximum Gasteiger partial charge on any atom is 0.251 e. The second-order valence-corrected chi connectivity index (χ2v) is 8.45. The number of amides is 2. The normalized spacial score (nSPS) is 16.8. The van der Waals surface area contributed by atoms with E-state index in [0.29, 0.717) is 29.6 Å². The molecule has 1 aromatic heterocycles. The van der Waals surface area contributed by atoms with Crippen LogP contribution >= 0.6 is 0 Å². The summed E-state index contributed by atoms with van der Waals surface area (Å²) in [6.45, 7) is 6.41. The second kappa shape index (κ2) is 9.22. The van der Waals surface area contributed by atoms with Crippen LogP contribution in [0.3, 0.4) is 0 Å². The quantitative estimate of drug-likeness (QED) is 0.553. The van der Waals surface area contributed by atoms with E-state index < -0.39 is 0 Å². The third kappa shape index (κ3) is 5.32. The van der Waals surface area contributed by atoms with Crippen LogP contribution in [0.2, 0.25) is 0 Å². The number of nitrogens with zero attached hydrogens (tertiary/aromatic N) is 1. The van der Waals surface area contributed by atoms with Gasteiger partial charge in [-0.15, -0.1) is 0 Å². The van der Waals surface area contributed by atoms with E-state index in [4.69, 9.17) is 4.74 Å². The Morgan fingerprint density at radius 1 is 1.09 bits per heavy atom. The molecule has 2 aromatic carbocycles. The monoisotopic (exact) mass is 429 g/mol. The number of benzene rings is 2. The highest BCUT2D eigenvalue weighted by molar-refractivity contribution is 5.98. The molecule has 6 heteroatoms. The van der Waals surface area contributed by atoms with E-state index in [-0.39, 0.29) is 17.7 Å². The summed E-state index contributed by atoms with van der Waals surface area (Å²) < 4.78 is 5.88. The lowest BCUT2D eigenvalue weighted by atomic mass is 10.1. The maximum atomic E-state index is 12.6. The predicted octanol–water partition coefficient (Wildman–Crippen LogP) is 5.02. The SMILES string of the molecule is Cc1ccc(C)c(Oc2ccc(CNC(=O)c3cccc(NC(=O)C4CC4C)c3)cn2)c1. The van der Waals surface area contributed by atoms with Crippen molar-refractivity contribution in [3.63, 3.8) is 0 Å². The van der Waals surface area contributed by atoms with Crippen LogP contribution in [-0.4, -0.2) is 16.8 Å². The van der Waals surface area contributed by atoms with Gasteiger partial charge in [-0.05, 0) is 67.1 Å². The number of carbonyl (C=O) groups excluding carboxylic acids is 2. The Kier molecular flexibility index (Phi) is 6.21. The fourth-order valence-electron chi connectivity index (χ4n) is 3.45. The number of ether oxygens (including phenoxy) is 1. The van der Waals surface area contributed by atoms with Gasteiger partial charge in [0.1, 0.15) is 5.75 Å². The van der Waals surface area contributed by atoms with Crippen LogP contribution in [0.5, 0.6) is 11.6 Å². The number of hydrogen-bond donors (Lipinski definition) is 2. The Bertz CT molecular complexity index is 1140. The average molecular weight is 430 g/mol. The van der Waals surface area contributed by atoms with Crippen LogP contribution in [0, 0.1) is 25.7 Å². The Labute approximate surface area is 188 Å². The first-order valence-electron chi connectivity index (χ1n) is 10.8. The van der Waals surface area contributed by atoms with Crippen LogP contribution in [0.4, 0.5) is 5.69 Å². The fourth-order valence-corrected chi connectivity index (χ4v) is 3.45. The average Bonchev–Trinajstić information content (AvgIpc) is 3.52. The van der Waals surface area contributed by atoms with Crippen molar-refractivity contribution < 1.29 is 14.3 Å². The van der Waals surface area contributed by atoms with Crippen molar-refractivity contribution in [2.45, 2.75) is 33.7 Å². The molecule has 0 bridgehead atoms. The minimum Gasteiger partial charge on any atom is -0.439 e. The molecule has 1 heterocycles. The zero-order chi connectivity index (χ0) is 22.7. The van der Waals surface area contributed by atoms with Gasteiger partial charge in [-0.2, -0.15) is 0 Å². The second-order valence-electron chi connectivity index (χ2n) is 8.45. The number of carbonyl (C=O) groups is 2. The van der Waals surface area contributed by atoms with Crippen LogP contribution in [0.25, 0.3) is 0 Å². The van der Waals surface area contributed by atoms with Crippen molar-refractivity contribution in [2.24, 2.45) is 11.8 Å². The standard InChI is InChI=1S/C26H27N3O3/c1-16-7-8-17(2)23(11-16)32-24-10-9-19(14-27-24)15-28-25(30)20-5-4-6-21(13-20)29-26(31)22-12-18(22)3/h4-11,13-14,18,22H,12,15H2,1-3H3,(H,28,30)(H,29,31). The predicted molar refractivity (Wildman–Crippen MR) is 124 cm³/mol. The largest absolute Gasteiger partial charge is 0.439 e. The van der Waals surface area contributed by atoms with Crippen molar-refractivity contribution in [2.75, 3.05) is 5.32 Å². The highest BCUT2D eigenvalue weighted by Gasteiger charge is 2.39. The Morgan fingerprint density at radius 3 is 2.62 bits per heavy atom. The van der Waals surface area contributed by atoms with Crippen LogP contribution in [-0.2, 0) is 11.3 Å². The lowest BCUT2D eigenvalue weighted by Gasteiger charge is -2.10. The molecule has 1 saturated carbocycles. The molecular weight excluding hydrogens is 402 g/mol. The molecule has 164 valence electrons. The Balaban J connectivity index is 1.32. The molecule has 2 atom stereocenters. The summed E-state index contributed by atoms with van der Waals surface area (Å²) in [5, 5.41) is 5.79. The molecule has 6 nitrogen and oxygen atoms in total. The van der Waals surface area contributed by atoms with Crippen LogP contribution < -0.4 is 15.4 Å². The van der Waals surface area contributed by atoms with E-state index in [9.17, 15) is 9.59 Å². The number of aryl methyl sites for hydroxylation is 2. The van der Waals surface area contributed by atoms with Gasteiger partial charge in [0, 0.05) is 36.0 Å². The summed E-state index contributed by atoms with van der Waals surface area (Å²) in [5.41, 5.74) is 4.15. The maximum absolute atomic E-state index is 12.6. The lowest BCUT2D eigenvalue weighted by molar-refractivity contribution is -0.117. The first-order valence-corrected chi connectivity index (χ1v) is 10.8. The van der Waals surface area contributed by atoms with Gasteiger partial charge in [-0.3, -0.25) is 9.59 Å². The summed E-state index contributed by atoms with van der Waals surface area (Å²) >= 11 is 0. The molecule has 2 unspecified atom stereocenters. The van der Waals surface area contributed by atoms with Gasteiger partial charge in [-0.1, -0.05) is 31.2 Å². The molecule has 0 radical (unpaired) electrons. The third-order valence-corrected chi connectivity index (χ3v) is 5.65. The summed E-state index contributed by atoms with van der Waals surface area (Å²) in [5.74, 6) is 1.61. The van der Waals surface area contributed by atoms with E-state index in [1.54, 1.807) is 36.5 Å². The topological polar surface area (TPSA) is 80.3 Å². The van der Waals surface area contributed by atoms with E-state index in [1.165, 1.54) is 0 Å². The number of pyridine rings is 1. The van der Waals surface area contributed by atoms with Gasteiger partial charge in [0.2, 0.25) is 11.8 Å². The molecule has 2 N–H and O–H groups in total. The molecule has 1 aliphatic carbocycles. The van der Waals surface area contributed by atoms with Crippen molar-refractivity contribution in [1.82, 2.24) is 10.3 Å². The van der Waals surface area contributed by atoms with Crippen LogP contribution in [0.1, 0.15) is 40.4 Å². The number of nitrogens with one attached hydrogen (secondary N) is 2. The highest BCUT2D eigenvalue weighted by atomic mass is 16.5. The first kappa shape index (κ1) is 21.6. The summed E-state index contributed by atoms with van der Waals surface area (Å²) in [6, 6.07) is 16.7. The first-order chi connectivity index (χ1) is 15.4. The van der Waals surface area contributed by atoms with Gasteiger partial charge < -0.3 is 15.4 Å². The van der Waals surface area contributed by atoms with Gasteiger partial charge in [0.15, 0.2) is 0 Å². The molecule has 0 saturated heterocycles. The minimum absolute atomic E-state index is 0.0179. The van der Waals surface area contributed by atoms with E-state index in [0.717, 1.165) is 28.9 Å². The van der Waals surface area contributed by atoms with Gasteiger partial charge >= 0.3 is 0 Å². The third-order valence-electron chi connectivity index (χ3n) is 5.65. The van der Waals surface area contributed by atoms with Crippen LogP contribution in [0.15, 0.2) is 60.8 Å². The fraction of sp³-hybridized carbons (Fsp3) is 0.269. The van der Waals surface area contributed by atoms with E-state index in [1.807, 2.05) is 38.1 Å². The van der Waals surface area contributed by atoms with Crippen molar-refractivity contribution >= 4 is 17.5 Å². The number of aromatic nitrogens is 1. The lowest BCUT2D eigenvalue weighted by Crippen LogP contribution is -2.23. The van der Waals surface area contributed by atoms with Crippen molar-refractivity contribution in [3.8, 4) is 11.6 Å². The number of rotatable bonds is 7. The number of hydrogen-bond acceptors (Lipinski definition) is 4.